The molecule has 55 heavy (non-hydrogen) atoms. The molecule has 1 atom stereocenters. The maximum Gasteiger partial charge on any atom is 0.573 e. The number of aliphatic hydroxyl groups excluding tert-OH is 1. The van der Waals surface area contributed by atoms with Gasteiger partial charge in [-0.15, -0.1) is 13.2 Å². The molecule has 5 aromatic rings. The molecular formula is C40H40F3N5O7. The molecule has 1 aliphatic heterocycles. The van der Waals surface area contributed by atoms with E-state index < -0.39 is 35.8 Å². The first-order valence-corrected chi connectivity index (χ1v) is 17.7. The third-order valence-corrected chi connectivity index (χ3v) is 9.19. The Balaban J connectivity index is 0.968. The Labute approximate surface area is 313 Å². The fraction of sp³-hybridized carbons (Fsp3) is 0.275. The van der Waals surface area contributed by atoms with Gasteiger partial charge in [0.05, 0.1) is 23.0 Å². The minimum Gasteiger partial charge on any atom is -0.506 e. The third kappa shape index (κ3) is 10.6. The largest absolute Gasteiger partial charge is 0.573 e. The number of piperidine rings is 1. The number of benzene rings is 4. The van der Waals surface area contributed by atoms with Crippen LogP contribution >= 0.6 is 0 Å². The number of rotatable bonds is 13. The number of carbonyl (C=O) groups is 2. The standard InChI is InChI=1S/C40H40F3N5O7/c41-40(42,43)55-35-22-25(23-44-24-34(50)29-11-14-33(49)38-30(29)12-15-36(51)47-38)10-13-32(35)45-37(52)18-21-48-19-16-27(17-20-48)54-39(53)46-31-9-5-4-8-28(31)26-6-2-1-3-7-26/h1-15,22,27,34,44,49-50H,16-21,23-24H2,(H,45,52)(H,46,53)(H,47,51)/t34-/m1/s1. The molecule has 1 aromatic heterocycles. The number of nitrogens with zero attached hydrogens (tertiary/aromatic N) is 1. The summed E-state index contributed by atoms with van der Waals surface area (Å²) in [6.45, 7) is 1.52. The van der Waals surface area contributed by atoms with Gasteiger partial charge in [0.25, 0.3) is 0 Å². The molecule has 6 N–H and O–H groups in total. The van der Waals surface area contributed by atoms with Crippen LogP contribution < -0.4 is 26.2 Å². The highest BCUT2D eigenvalue weighted by molar-refractivity contribution is 5.93. The number of H-pyrrole nitrogens is 1. The monoisotopic (exact) mass is 759 g/mol. The second-order valence-electron chi connectivity index (χ2n) is 13.1. The molecule has 6 rings (SSSR count). The molecular weight excluding hydrogens is 719 g/mol. The number of alkyl halides is 3. The minimum atomic E-state index is -5.02. The van der Waals surface area contributed by atoms with Crippen LogP contribution in [0.4, 0.5) is 29.3 Å². The van der Waals surface area contributed by atoms with Gasteiger partial charge in [0.15, 0.2) is 5.75 Å². The summed E-state index contributed by atoms with van der Waals surface area (Å²) < 4.78 is 50.0. The van der Waals surface area contributed by atoms with E-state index in [1.807, 2.05) is 59.5 Å². The van der Waals surface area contributed by atoms with Crippen molar-refractivity contribution in [1.29, 1.82) is 0 Å². The van der Waals surface area contributed by atoms with Gasteiger partial charge in [0, 0.05) is 56.2 Å². The van der Waals surface area contributed by atoms with Crippen LogP contribution in [0.15, 0.2) is 102 Å². The number of hydrogen-bond acceptors (Lipinski definition) is 9. The number of aromatic amines is 1. The van der Waals surface area contributed by atoms with E-state index in [1.54, 1.807) is 0 Å². The Kier molecular flexibility index (Phi) is 12.3. The molecule has 15 heteroatoms. The zero-order chi connectivity index (χ0) is 39.0. The van der Waals surface area contributed by atoms with Crippen molar-refractivity contribution >= 4 is 34.3 Å². The van der Waals surface area contributed by atoms with Crippen LogP contribution in [0.25, 0.3) is 22.0 Å². The Morgan fingerprint density at radius 3 is 2.42 bits per heavy atom. The van der Waals surface area contributed by atoms with Crippen LogP contribution in [0.1, 0.15) is 36.5 Å². The number of para-hydroxylation sites is 1. The molecule has 0 bridgehead atoms. The molecule has 1 aliphatic rings. The summed E-state index contributed by atoms with van der Waals surface area (Å²) in [5.41, 5.74) is 2.89. The summed E-state index contributed by atoms with van der Waals surface area (Å²) in [4.78, 5) is 41.9. The second-order valence-corrected chi connectivity index (χ2v) is 13.1. The van der Waals surface area contributed by atoms with Crippen LogP contribution in [-0.2, 0) is 16.1 Å². The number of amides is 2. The molecule has 0 saturated carbocycles. The molecule has 12 nitrogen and oxygen atoms in total. The maximum atomic E-state index is 13.4. The van der Waals surface area contributed by atoms with E-state index in [-0.39, 0.29) is 42.6 Å². The van der Waals surface area contributed by atoms with Gasteiger partial charge in [-0.3, -0.25) is 14.9 Å². The highest BCUT2D eigenvalue weighted by atomic mass is 19.4. The summed E-state index contributed by atoms with van der Waals surface area (Å²) in [5.74, 6) is -1.24. The zero-order valence-corrected chi connectivity index (χ0v) is 29.6. The number of pyridine rings is 1. The van der Waals surface area contributed by atoms with Gasteiger partial charge >= 0.3 is 12.5 Å². The van der Waals surface area contributed by atoms with Crippen LogP contribution in [0.3, 0.4) is 0 Å². The van der Waals surface area contributed by atoms with Gasteiger partial charge in [-0.2, -0.15) is 0 Å². The molecule has 4 aromatic carbocycles. The van der Waals surface area contributed by atoms with Crippen LogP contribution in [0.2, 0.25) is 0 Å². The van der Waals surface area contributed by atoms with E-state index in [0.29, 0.717) is 54.7 Å². The number of phenolic OH excluding ortho intramolecular Hbond substituents is 1. The Morgan fingerprint density at radius 2 is 1.65 bits per heavy atom. The van der Waals surface area contributed by atoms with Gasteiger partial charge in [0.2, 0.25) is 11.5 Å². The summed E-state index contributed by atoms with van der Waals surface area (Å²) in [5, 5.41) is 29.7. The van der Waals surface area contributed by atoms with Crippen molar-refractivity contribution in [3.8, 4) is 22.6 Å². The summed E-state index contributed by atoms with van der Waals surface area (Å²) >= 11 is 0. The van der Waals surface area contributed by atoms with Crippen molar-refractivity contribution in [3.63, 3.8) is 0 Å². The van der Waals surface area contributed by atoms with Crippen molar-refractivity contribution < 1.29 is 42.4 Å². The molecule has 0 unspecified atom stereocenters. The minimum absolute atomic E-state index is 0.00714. The van der Waals surface area contributed by atoms with Gasteiger partial charge in [0.1, 0.15) is 11.9 Å². The summed E-state index contributed by atoms with van der Waals surface area (Å²) in [6.07, 6.45) is -5.85. The normalized spacial score (nSPS) is 14.3. The fourth-order valence-electron chi connectivity index (χ4n) is 6.48. The number of hydrogen-bond donors (Lipinski definition) is 6. The number of fused-ring (bicyclic) bond motifs is 1. The van der Waals surface area contributed by atoms with Gasteiger partial charge in [-0.05, 0) is 59.9 Å². The molecule has 1 fully saturated rings. The van der Waals surface area contributed by atoms with Crippen LogP contribution in [-0.4, -0.2) is 70.7 Å². The summed E-state index contributed by atoms with van der Waals surface area (Å²) in [7, 11) is 0. The number of ether oxygens (including phenoxy) is 2. The van der Waals surface area contributed by atoms with E-state index in [9.17, 15) is 37.8 Å². The maximum absolute atomic E-state index is 13.4. The number of aromatic hydroxyl groups is 1. The van der Waals surface area contributed by atoms with E-state index in [0.717, 1.165) is 17.2 Å². The lowest BCUT2D eigenvalue weighted by molar-refractivity contribution is -0.274. The van der Waals surface area contributed by atoms with Crippen molar-refractivity contribution in [3.05, 3.63) is 119 Å². The first kappa shape index (κ1) is 38.8. The topological polar surface area (TPSA) is 165 Å². The van der Waals surface area contributed by atoms with Gasteiger partial charge in [-0.1, -0.05) is 60.7 Å². The predicted octanol–water partition coefficient (Wildman–Crippen LogP) is 6.66. The van der Waals surface area contributed by atoms with Crippen LogP contribution in [0.5, 0.6) is 11.5 Å². The first-order chi connectivity index (χ1) is 26.4. The third-order valence-electron chi connectivity index (χ3n) is 9.19. The molecule has 2 amide bonds. The number of phenols is 1. The average Bonchev–Trinajstić information content (AvgIpc) is 3.16. The lowest BCUT2D eigenvalue weighted by Crippen LogP contribution is -2.39. The number of carbonyl (C=O) groups excluding carboxylic acids is 2. The SMILES string of the molecule is O=C(CCN1CCC(OC(=O)Nc2ccccc2-c2ccccc2)CC1)Nc1ccc(CNC[C@@H](O)c2ccc(O)c3[nH]c(=O)ccc23)cc1OC(F)(F)F. The first-order valence-electron chi connectivity index (χ1n) is 17.7. The Bertz CT molecular complexity index is 2170. The fourth-order valence-corrected chi connectivity index (χ4v) is 6.48. The number of nitrogens with one attached hydrogen (secondary N) is 4. The molecule has 0 spiro atoms. The average molecular weight is 760 g/mol. The van der Waals surface area contributed by atoms with Crippen molar-refractivity contribution in [2.75, 3.05) is 36.8 Å². The number of aromatic nitrogens is 1. The van der Waals surface area contributed by atoms with Gasteiger partial charge < -0.3 is 40.2 Å². The van der Waals surface area contributed by atoms with E-state index in [4.69, 9.17) is 4.74 Å². The quantitative estimate of drug-likeness (QED) is 0.0770. The van der Waals surface area contributed by atoms with E-state index in [1.165, 1.54) is 36.4 Å². The van der Waals surface area contributed by atoms with Crippen molar-refractivity contribution in [2.24, 2.45) is 0 Å². The number of halogens is 3. The smallest absolute Gasteiger partial charge is 0.506 e. The van der Waals surface area contributed by atoms with Gasteiger partial charge in [-0.25, -0.2) is 4.79 Å². The molecule has 0 aliphatic carbocycles. The van der Waals surface area contributed by atoms with E-state index >= 15 is 0 Å². The number of aliphatic hydroxyl groups is 1. The number of likely N-dealkylation sites (tertiary alicyclic amines) is 1. The lowest BCUT2D eigenvalue weighted by Gasteiger charge is -2.31. The summed E-state index contributed by atoms with van der Waals surface area (Å²) in [6, 6.07) is 26.7. The van der Waals surface area contributed by atoms with Crippen molar-refractivity contribution in [1.82, 2.24) is 15.2 Å². The Morgan fingerprint density at radius 1 is 0.909 bits per heavy atom. The van der Waals surface area contributed by atoms with Crippen LogP contribution in [0, 0.1) is 0 Å². The molecule has 288 valence electrons. The highest BCUT2D eigenvalue weighted by Crippen LogP contribution is 2.33. The number of anilines is 2. The van der Waals surface area contributed by atoms with Crippen molar-refractivity contribution in [2.45, 2.75) is 44.4 Å². The Hall–Kier alpha value is -5.90. The van der Waals surface area contributed by atoms with E-state index in [2.05, 4.69) is 25.7 Å². The zero-order valence-electron chi connectivity index (χ0n) is 29.6. The lowest BCUT2D eigenvalue weighted by atomic mass is 10.0. The highest BCUT2D eigenvalue weighted by Gasteiger charge is 2.32. The second kappa shape index (κ2) is 17.5. The molecule has 1 saturated heterocycles. The predicted molar refractivity (Wildman–Crippen MR) is 201 cm³/mol. The molecule has 2 heterocycles. The molecule has 0 radical (unpaired) electrons.